The van der Waals surface area contributed by atoms with Crippen molar-refractivity contribution in [2.24, 2.45) is 11.7 Å². The minimum absolute atomic E-state index is 0.0178. The normalized spacial score (nSPS) is 23.8. The maximum atomic E-state index is 12.3. The van der Waals surface area contributed by atoms with E-state index in [-0.39, 0.29) is 24.2 Å². The van der Waals surface area contributed by atoms with Crippen molar-refractivity contribution in [2.75, 3.05) is 6.54 Å². The van der Waals surface area contributed by atoms with Crippen molar-refractivity contribution in [1.82, 2.24) is 5.32 Å². The Morgan fingerprint density at radius 2 is 2.05 bits per heavy atom. The number of carbonyl (C=O) groups is 1. The molecule has 1 aliphatic rings. The molecule has 3 unspecified atom stereocenters. The molecule has 0 radical (unpaired) electrons. The molecular formula is C16H24N2O2. The first kappa shape index (κ1) is 15.0. The van der Waals surface area contributed by atoms with Crippen LogP contribution in [0.15, 0.2) is 30.3 Å². The highest BCUT2D eigenvalue weighted by atomic mass is 16.5. The van der Waals surface area contributed by atoms with Crippen LogP contribution in [-0.2, 0) is 9.53 Å². The first-order valence-electron chi connectivity index (χ1n) is 7.32. The summed E-state index contributed by atoms with van der Waals surface area (Å²) >= 11 is 0. The van der Waals surface area contributed by atoms with Crippen LogP contribution >= 0.6 is 0 Å². The van der Waals surface area contributed by atoms with Gasteiger partial charge in [-0.1, -0.05) is 44.2 Å². The second-order valence-corrected chi connectivity index (χ2v) is 5.70. The van der Waals surface area contributed by atoms with Gasteiger partial charge in [-0.05, 0) is 24.3 Å². The van der Waals surface area contributed by atoms with Crippen LogP contribution in [0.25, 0.3) is 0 Å². The lowest BCUT2D eigenvalue weighted by atomic mass is 9.95. The molecule has 1 fully saturated rings. The smallest absolute Gasteiger partial charge is 0.249 e. The maximum Gasteiger partial charge on any atom is 0.249 e. The van der Waals surface area contributed by atoms with Crippen molar-refractivity contribution >= 4 is 5.91 Å². The molecule has 0 bridgehead atoms. The van der Waals surface area contributed by atoms with Crippen LogP contribution < -0.4 is 11.1 Å². The Labute approximate surface area is 120 Å². The molecule has 1 aromatic rings. The fraction of sp³-hybridized carbons (Fsp3) is 0.562. The monoisotopic (exact) mass is 276 g/mol. The summed E-state index contributed by atoms with van der Waals surface area (Å²) in [5.41, 5.74) is 6.71. The fourth-order valence-electron chi connectivity index (χ4n) is 2.61. The molecule has 4 heteroatoms. The SMILES string of the molecule is CC(C)C(NC(=O)C1CCC(CN)O1)c1ccccc1. The summed E-state index contributed by atoms with van der Waals surface area (Å²) in [6.45, 7) is 4.70. The van der Waals surface area contributed by atoms with Crippen LogP contribution in [-0.4, -0.2) is 24.7 Å². The van der Waals surface area contributed by atoms with Gasteiger partial charge in [0.15, 0.2) is 0 Å². The molecule has 1 aromatic carbocycles. The molecular weight excluding hydrogens is 252 g/mol. The third-order valence-electron chi connectivity index (χ3n) is 3.79. The van der Waals surface area contributed by atoms with Gasteiger partial charge in [-0.2, -0.15) is 0 Å². The molecule has 0 aromatic heterocycles. The largest absolute Gasteiger partial charge is 0.364 e. The van der Waals surface area contributed by atoms with Gasteiger partial charge in [-0.15, -0.1) is 0 Å². The zero-order valence-electron chi connectivity index (χ0n) is 12.2. The van der Waals surface area contributed by atoms with Crippen LogP contribution in [0.4, 0.5) is 0 Å². The highest BCUT2D eigenvalue weighted by molar-refractivity contribution is 5.81. The average molecular weight is 276 g/mol. The van der Waals surface area contributed by atoms with Gasteiger partial charge in [-0.3, -0.25) is 4.79 Å². The minimum Gasteiger partial charge on any atom is -0.364 e. The van der Waals surface area contributed by atoms with Crippen molar-refractivity contribution in [2.45, 2.75) is 44.9 Å². The van der Waals surface area contributed by atoms with E-state index in [0.717, 1.165) is 18.4 Å². The van der Waals surface area contributed by atoms with Crippen LogP contribution in [0.3, 0.4) is 0 Å². The first-order chi connectivity index (χ1) is 9.61. The van der Waals surface area contributed by atoms with Crippen LogP contribution in [0.2, 0.25) is 0 Å². The summed E-state index contributed by atoms with van der Waals surface area (Å²) in [4.78, 5) is 12.3. The lowest BCUT2D eigenvalue weighted by Gasteiger charge is -2.24. The third-order valence-corrected chi connectivity index (χ3v) is 3.79. The molecule has 110 valence electrons. The predicted molar refractivity (Wildman–Crippen MR) is 79.1 cm³/mol. The van der Waals surface area contributed by atoms with E-state index < -0.39 is 0 Å². The van der Waals surface area contributed by atoms with Crippen LogP contribution in [0, 0.1) is 5.92 Å². The Kier molecular flexibility index (Phi) is 5.15. The zero-order chi connectivity index (χ0) is 14.5. The molecule has 0 aliphatic carbocycles. The number of hydrogen-bond acceptors (Lipinski definition) is 3. The Morgan fingerprint density at radius 1 is 1.35 bits per heavy atom. The molecule has 0 saturated carbocycles. The number of carbonyl (C=O) groups excluding carboxylic acids is 1. The lowest BCUT2D eigenvalue weighted by Crippen LogP contribution is -2.39. The highest BCUT2D eigenvalue weighted by Gasteiger charge is 2.31. The molecule has 1 aliphatic heterocycles. The van der Waals surface area contributed by atoms with Crippen LogP contribution in [0.1, 0.15) is 38.3 Å². The Hall–Kier alpha value is -1.39. The maximum absolute atomic E-state index is 12.3. The van der Waals surface area contributed by atoms with Gasteiger partial charge in [0, 0.05) is 6.54 Å². The minimum atomic E-state index is -0.353. The van der Waals surface area contributed by atoms with Crippen molar-refractivity contribution in [3.8, 4) is 0 Å². The first-order valence-corrected chi connectivity index (χ1v) is 7.32. The summed E-state index contributed by atoms with van der Waals surface area (Å²) in [5, 5.41) is 3.11. The van der Waals surface area contributed by atoms with Gasteiger partial charge >= 0.3 is 0 Å². The third kappa shape index (κ3) is 3.58. The van der Waals surface area contributed by atoms with E-state index in [2.05, 4.69) is 19.2 Å². The van der Waals surface area contributed by atoms with E-state index >= 15 is 0 Å². The quantitative estimate of drug-likeness (QED) is 0.864. The predicted octanol–water partition coefficient (Wildman–Crippen LogP) is 2.01. The number of rotatable bonds is 5. The van der Waals surface area contributed by atoms with Gasteiger partial charge in [0.05, 0.1) is 12.1 Å². The topological polar surface area (TPSA) is 64.4 Å². The summed E-state index contributed by atoms with van der Waals surface area (Å²) in [5.74, 6) is 0.302. The second-order valence-electron chi connectivity index (χ2n) is 5.70. The highest BCUT2D eigenvalue weighted by Crippen LogP contribution is 2.24. The van der Waals surface area contributed by atoms with Crippen molar-refractivity contribution in [1.29, 1.82) is 0 Å². The summed E-state index contributed by atoms with van der Waals surface area (Å²) in [6.07, 6.45) is 1.30. The summed E-state index contributed by atoms with van der Waals surface area (Å²) in [7, 11) is 0. The second kappa shape index (κ2) is 6.86. The Balaban J connectivity index is 2.00. The fourth-order valence-corrected chi connectivity index (χ4v) is 2.61. The van der Waals surface area contributed by atoms with Gasteiger partial charge in [0.2, 0.25) is 5.91 Å². The molecule has 2 rings (SSSR count). The average Bonchev–Trinajstić information content (AvgIpc) is 2.94. The van der Waals surface area contributed by atoms with Crippen molar-refractivity contribution < 1.29 is 9.53 Å². The van der Waals surface area contributed by atoms with Crippen molar-refractivity contribution in [3.05, 3.63) is 35.9 Å². The van der Waals surface area contributed by atoms with Crippen LogP contribution in [0.5, 0.6) is 0 Å². The molecule has 1 amide bonds. The number of nitrogens with one attached hydrogen (secondary N) is 1. The Morgan fingerprint density at radius 3 is 2.60 bits per heavy atom. The molecule has 4 nitrogen and oxygen atoms in total. The van der Waals surface area contributed by atoms with Gasteiger partial charge in [0.1, 0.15) is 6.10 Å². The van der Waals surface area contributed by atoms with E-state index in [0.29, 0.717) is 12.5 Å². The Bertz CT molecular complexity index is 433. The van der Waals surface area contributed by atoms with Gasteiger partial charge in [-0.25, -0.2) is 0 Å². The zero-order valence-corrected chi connectivity index (χ0v) is 12.2. The summed E-state index contributed by atoms with van der Waals surface area (Å²) in [6, 6.07) is 10.1. The summed E-state index contributed by atoms with van der Waals surface area (Å²) < 4.78 is 5.65. The van der Waals surface area contributed by atoms with Crippen molar-refractivity contribution in [3.63, 3.8) is 0 Å². The van der Waals surface area contributed by atoms with Gasteiger partial charge in [0.25, 0.3) is 0 Å². The molecule has 1 saturated heterocycles. The molecule has 3 atom stereocenters. The van der Waals surface area contributed by atoms with E-state index in [1.54, 1.807) is 0 Å². The standard InChI is InChI=1S/C16H24N2O2/c1-11(2)15(12-6-4-3-5-7-12)18-16(19)14-9-8-13(10-17)20-14/h3-7,11,13-15H,8-10,17H2,1-2H3,(H,18,19). The van der Waals surface area contributed by atoms with Gasteiger partial charge < -0.3 is 15.8 Å². The number of benzene rings is 1. The number of amides is 1. The molecule has 0 spiro atoms. The molecule has 20 heavy (non-hydrogen) atoms. The molecule has 1 heterocycles. The van der Waals surface area contributed by atoms with E-state index in [1.807, 2.05) is 30.3 Å². The van der Waals surface area contributed by atoms with E-state index in [1.165, 1.54) is 0 Å². The number of hydrogen-bond donors (Lipinski definition) is 2. The molecule has 3 N–H and O–H groups in total. The lowest BCUT2D eigenvalue weighted by molar-refractivity contribution is -0.133. The van der Waals surface area contributed by atoms with E-state index in [4.69, 9.17) is 10.5 Å². The van der Waals surface area contributed by atoms with E-state index in [9.17, 15) is 4.79 Å². The number of ether oxygens (including phenoxy) is 1. The number of nitrogens with two attached hydrogens (primary N) is 1.